The maximum absolute atomic E-state index is 12.6. The molecule has 102 valence electrons. The fourth-order valence-corrected chi connectivity index (χ4v) is 3.78. The van der Waals surface area contributed by atoms with Gasteiger partial charge in [0.25, 0.3) is 0 Å². The Balaban J connectivity index is 1.69. The Morgan fingerprint density at radius 3 is 2.56 bits per heavy atom. The van der Waals surface area contributed by atoms with Crippen molar-refractivity contribution >= 4 is 5.91 Å². The number of carbonyl (C=O) groups is 1. The lowest BCUT2D eigenvalue weighted by Crippen LogP contribution is -2.56. The molecule has 1 heterocycles. The van der Waals surface area contributed by atoms with E-state index in [0.29, 0.717) is 23.4 Å². The number of amides is 1. The molecule has 3 fully saturated rings. The third-order valence-corrected chi connectivity index (χ3v) is 5.06. The van der Waals surface area contributed by atoms with Crippen molar-refractivity contribution < 1.29 is 4.79 Å². The van der Waals surface area contributed by atoms with E-state index in [1.165, 1.54) is 38.5 Å². The van der Waals surface area contributed by atoms with E-state index in [9.17, 15) is 4.79 Å². The van der Waals surface area contributed by atoms with E-state index in [-0.39, 0.29) is 6.04 Å². The third-order valence-electron chi connectivity index (χ3n) is 5.06. The van der Waals surface area contributed by atoms with Gasteiger partial charge in [0.1, 0.15) is 0 Å². The molecule has 2 atom stereocenters. The van der Waals surface area contributed by atoms with Crippen molar-refractivity contribution in [3.05, 3.63) is 0 Å². The van der Waals surface area contributed by atoms with E-state index >= 15 is 0 Å². The maximum Gasteiger partial charge on any atom is 0.239 e. The maximum atomic E-state index is 12.6. The predicted molar refractivity (Wildman–Crippen MR) is 72.3 cm³/mol. The molecule has 0 bridgehead atoms. The average Bonchev–Trinajstić information content (AvgIpc) is 3.06. The fraction of sp³-hybridized carbons (Fsp3) is 0.933. The Bertz CT molecular complexity index is 335. The second kappa shape index (κ2) is 4.52. The van der Waals surface area contributed by atoms with Crippen LogP contribution in [-0.2, 0) is 4.79 Å². The lowest BCUT2D eigenvalue weighted by molar-refractivity contribution is -0.140. The molecular formula is C15H26N2O. The molecule has 2 unspecified atom stereocenters. The van der Waals surface area contributed by atoms with Gasteiger partial charge in [0, 0.05) is 18.6 Å². The molecule has 3 aliphatic rings. The van der Waals surface area contributed by atoms with Crippen LogP contribution in [0.2, 0.25) is 0 Å². The molecule has 1 aliphatic heterocycles. The van der Waals surface area contributed by atoms with Crippen LogP contribution in [0.4, 0.5) is 0 Å². The number of nitrogens with zero attached hydrogens (tertiary/aromatic N) is 1. The zero-order chi connectivity index (χ0) is 12.8. The minimum Gasteiger partial charge on any atom is -0.338 e. The normalized spacial score (nSPS) is 36.1. The molecule has 3 nitrogen and oxygen atoms in total. The first-order chi connectivity index (χ1) is 8.58. The van der Waals surface area contributed by atoms with E-state index in [4.69, 9.17) is 0 Å². The van der Waals surface area contributed by atoms with Gasteiger partial charge in [0.05, 0.1) is 6.04 Å². The topological polar surface area (TPSA) is 32.3 Å². The van der Waals surface area contributed by atoms with E-state index in [1.54, 1.807) is 0 Å². The van der Waals surface area contributed by atoms with E-state index < -0.39 is 0 Å². The van der Waals surface area contributed by atoms with Crippen molar-refractivity contribution in [3.8, 4) is 0 Å². The highest BCUT2D eigenvalue weighted by molar-refractivity contribution is 5.83. The van der Waals surface area contributed by atoms with Crippen LogP contribution in [0, 0.1) is 5.41 Å². The largest absolute Gasteiger partial charge is 0.338 e. The van der Waals surface area contributed by atoms with Crippen LogP contribution in [-0.4, -0.2) is 35.5 Å². The van der Waals surface area contributed by atoms with Crippen LogP contribution in [0.3, 0.4) is 0 Å². The van der Waals surface area contributed by atoms with Crippen molar-refractivity contribution in [1.82, 2.24) is 10.2 Å². The predicted octanol–water partition coefficient (Wildman–Crippen LogP) is 2.31. The monoisotopic (exact) mass is 250 g/mol. The molecule has 18 heavy (non-hydrogen) atoms. The van der Waals surface area contributed by atoms with Gasteiger partial charge in [-0.25, -0.2) is 0 Å². The molecule has 0 radical (unpaired) electrons. The molecule has 2 aliphatic carbocycles. The third kappa shape index (κ3) is 2.29. The number of carbonyl (C=O) groups excluding carboxylic acids is 1. The molecule has 0 aromatic heterocycles. The first kappa shape index (κ1) is 12.5. The summed E-state index contributed by atoms with van der Waals surface area (Å²) in [6.07, 6.45) is 8.48. The van der Waals surface area contributed by atoms with Crippen molar-refractivity contribution in [1.29, 1.82) is 0 Å². The summed E-state index contributed by atoms with van der Waals surface area (Å²) in [5, 5.41) is 3.53. The summed E-state index contributed by atoms with van der Waals surface area (Å²) in [4.78, 5) is 14.8. The van der Waals surface area contributed by atoms with Gasteiger partial charge in [-0.2, -0.15) is 0 Å². The van der Waals surface area contributed by atoms with E-state index in [1.807, 2.05) is 0 Å². The summed E-state index contributed by atoms with van der Waals surface area (Å²) in [5.74, 6) is 0.383. The summed E-state index contributed by atoms with van der Waals surface area (Å²) in [6.45, 7) is 5.64. The minimum absolute atomic E-state index is 0.114. The van der Waals surface area contributed by atoms with Gasteiger partial charge in [-0.3, -0.25) is 4.79 Å². The Hall–Kier alpha value is -0.570. The minimum atomic E-state index is 0.114. The second-order valence-electron chi connectivity index (χ2n) is 7.06. The molecule has 3 heteroatoms. The smallest absolute Gasteiger partial charge is 0.239 e. The van der Waals surface area contributed by atoms with Crippen LogP contribution in [0.15, 0.2) is 0 Å². The Labute approximate surface area is 110 Å². The van der Waals surface area contributed by atoms with Gasteiger partial charge in [-0.1, -0.05) is 20.3 Å². The van der Waals surface area contributed by atoms with Gasteiger partial charge in [0.2, 0.25) is 5.91 Å². The molecule has 2 saturated carbocycles. The van der Waals surface area contributed by atoms with Crippen molar-refractivity contribution in [3.63, 3.8) is 0 Å². The number of rotatable bonds is 3. The summed E-state index contributed by atoms with van der Waals surface area (Å²) in [6, 6.07) is 1.23. The molecule has 0 aromatic carbocycles. The van der Waals surface area contributed by atoms with Gasteiger partial charge < -0.3 is 10.2 Å². The summed E-state index contributed by atoms with van der Waals surface area (Å²) < 4.78 is 0. The van der Waals surface area contributed by atoms with Gasteiger partial charge >= 0.3 is 0 Å². The molecule has 0 aromatic rings. The highest BCUT2D eigenvalue weighted by atomic mass is 16.2. The van der Waals surface area contributed by atoms with Crippen LogP contribution in [0.25, 0.3) is 0 Å². The Morgan fingerprint density at radius 2 is 1.94 bits per heavy atom. The first-order valence-electron chi connectivity index (χ1n) is 7.64. The summed E-state index contributed by atoms with van der Waals surface area (Å²) in [7, 11) is 0. The molecule has 3 rings (SSSR count). The second-order valence-corrected chi connectivity index (χ2v) is 7.06. The van der Waals surface area contributed by atoms with Crippen LogP contribution in [0.1, 0.15) is 58.8 Å². The Morgan fingerprint density at radius 1 is 1.17 bits per heavy atom. The summed E-state index contributed by atoms with van der Waals surface area (Å²) in [5.41, 5.74) is 0.317. The molecule has 1 amide bonds. The SMILES string of the molecule is CC1(C)CCCC1N1CCCC(NC2CC2)C1=O. The van der Waals surface area contributed by atoms with E-state index in [0.717, 1.165) is 13.0 Å². The molecule has 1 N–H and O–H groups in total. The molecule has 0 spiro atoms. The average molecular weight is 250 g/mol. The standard InChI is InChI=1S/C15H26N2O/c1-15(2)9-3-6-13(15)17-10-4-5-12(14(17)18)16-11-7-8-11/h11-13,16H,3-10H2,1-2H3. The summed E-state index contributed by atoms with van der Waals surface area (Å²) >= 11 is 0. The van der Waals surface area contributed by atoms with Crippen molar-refractivity contribution in [2.45, 2.75) is 76.9 Å². The first-order valence-corrected chi connectivity index (χ1v) is 7.64. The van der Waals surface area contributed by atoms with Gasteiger partial charge in [-0.05, 0) is 43.9 Å². The fourth-order valence-electron chi connectivity index (χ4n) is 3.78. The van der Waals surface area contributed by atoms with Crippen molar-refractivity contribution in [2.75, 3.05) is 6.54 Å². The number of hydrogen-bond acceptors (Lipinski definition) is 2. The Kier molecular flexibility index (Phi) is 3.13. The zero-order valence-corrected chi connectivity index (χ0v) is 11.7. The van der Waals surface area contributed by atoms with Gasteiger partial charge in [0.15, 0.2) is 0 Å². The van der Waals surface area contributed by atoms with Crippen LogP contribution in [0.5, 0.6) is 0 Å². The van der Waals surface area contributed by atoms with E-state index in [2.05, 4.69) is 24.1 Å². The highest BCUT2D eigenvalue weighted by Gasteiger charge is 2.43. The van der Waals surface area contributed by atoms with Crippen LogP contribution >= 0.6 is 0 Å². The zero-order valence-electron chi connectivity index (χ0n) is 11.7. The lowest BCUT2D eigenvalue weighted by atomic mass is 9.85. The van der Waals surface area contributed by atoms with Crippen molar-refractivity contribution in [2.24, 2.45) is 5.41 Å². The van der Waals surface area contributed by atoms with Gasteiger partial charge in [-0.15, -0.1) is 0 Å². The number of nitrogens with one attached hydrogen (secondary N) is 1. The molecular weight excluding hydrogens is 224 g/mol. The number of piperidine rings is 1. The van der Waals surface area contributed by atoms with Crippen LogP contribution < -0.4 is 5.32 Å². The lowest BCUT2D eigenvalue weighted by Gasteiger charge is -2.42. The quantitative estimate of drug-likeness (QED) is 0.833. The molecule has 1 saturated heterocycles. The number of likely N-dealkylation sites (tertiary alicyclic amines) is 1. The number of hydrogen-bond donors (Lipinski definition) is 1. The highest BCUT2D eigenvalue weighted by Crippen LogP contribution is 2.41.